The molecule has 1 aromatic heterocycles. The number of pyridine rings is 1. The standard InChI is InChI=1S/C61H46N2/c1-60-35-10-11-36-61(60,2)63(43-19-4-3-5-20-43)57-34-29-42(37-54(57)60)55-25-14-26-56(62-55)53-38-52(47-24-13-18-40-16-7-9-22-45(40)47)50-31-28-41-27-30-48(49-32-33-51(53)59(50)58(41)49)46-23-12-17-39-15-6-8-21-44(39)46/h3-9,12-34,37-38H,10-11,35-36H2,1-2H3. The van der Waals surface area contributed by atoms with Crippen molar-refractivity contribution >= 4 is 65.2 Å². The van der Waals surface area contributed by atoms with Gasteiger partial charge in [-0.15, -0.1) is 0 Å². The first-order valence-electron chi connectivity index (χ1n) is 22.7. The highest BCUT2D eigenvalue weighted by Crippen LogP contribution is 2.61. The Labute approximate surface area is 368 Å². The van der Waals surface area contributed by atoms with E-state index in [9.17, 15) is 0 Å². The topological polar surface area (TPSA) is 16.1 Å². The molecule has 1 fully saturated rings. The van der Waals surface area contributed by atoms with E-state index in [0.717, 1.165) is 17.0 Å². The van der Waals surface area contributed by atoms with Crippen LogP contribution in [0.1, 0.15) is 45.1 Å². The first-order chi connectivity index (χ1) is 31.0. The summed E-state index contributed by atoms with van der Waals surface area (Å²) in [7, 11) is 0. The van der Waals surface area contributed by atoms with Crippen molar-refractivity contribution in [3.63, 3.8) is 0 Å². The molecule has 0 bridgehead atoms. The van der Waals surface area contributed by atoms with E-state index in [-0.39, 0.29) is 11.0 Å². The van der Waals surface area contributed by atoms with Gasteiger partial charge in [-0.2, -0.15) is 0 Å². The van der Waals surface area contributed by atoms with Crippen molar-refractivity contribution in [2.75, 3.05) is 4.90 Å². The first-order valence-corrected chi connectivity index (χ1v) is 22.7. The van der Waals surface area contributed by atoms with Gasteiger partial charge in [-0.05, 0) is 144 Å². The van der Waals surface area contributed by atoms with Crippen molar-refractivity contribution in [3.05, 3.63) is 200 Å². The molecule has 13 rings (SSSR count). The number of hydrogen-bond acceptors (Lipinski definition) is 2. The Bertz CT molecular complexity index is 3610. The van der Waals surface area contributed by atoms with Gasteiger partial charge in [0, 0.05) is 27.9 Å². The number of anilines is 2. The molecule has 0 saturated heterocycles. The third-order valence-electron chi connectivity index (χ3n) is 15.4. The molecule has 0 N–H and O–H groups in total. The third-order valence-corrected chi connectivity index (χ3v) is 15.4. The molecule has 1 saturated carbocycles. The molecular weight excluding hydrogens is 761 g/mol. The quantitative estimate of drug-likeness (QED) is 0.161. The predicted molar refractivity (Wildman–Crippen MR) is 268 cm³/mol. The number of rotatable bonds is 5. The van der Waals surface area contributed by atoms with Crippen molar-refractivity contribution in [2.24, 2.45) is 0 Å². The van der Waals surface area contributed by atoms with Crippen LogP contribution < -0.4 is 4.90 Å². The van der Waals surface area contributed by atoms with E-state index in [1.807, 2.05) is 0 Å². The van der Waals surface area contributed by atoms with Crippen LogP contribution in [0.2, 0.25) is 0 Å². The average molecular weight is 807 g/mol. The van der Waals surface area contributed by atoms with Gasteiger partial charge >= 0.3 is 0 Å². The van der Waals surface area contributed by atoms with Gasteiger partial charge in [-0.1, -0.05) is 171 Å². The number of fused-ring (bicyclic) bond motifs is 5. The molecule has 300 valence electrons. The van der Waals surface area contributed by atoms with E-state index >= 15 is 0 Å². The molecule has 2 atom stereocenters. The fourth-order valence-corrected chi connectivity index (χ4v) is 12.1. The fourth-order valence-electron chi connectivity index (χ4n) is 12.1. The molecule has 2 heteroatoms. The lowest BCUT2D eigenvalue weighted by atomic mass is 9.61. The molecule has 1 aliphatic heterocycles. The second-order valence-electron chi connectivity index (χ2n) is 18.5. The molecular formula is C61H46N2. The minimum Gasteiger partial charge on any atom is -0.334 e. The van der Waals surface area contributed by atoms with Crippen LogP contribution in [0.4, 0.5) is 11.4 Å². The molecule has 2 aliphatic rings. The lowest BCUT2D eigenvalue weighted by molar-refractivity contribution is 0.195. The Balaban J connectivity index is 1.04. The van der Waals surface area contributed by atoms with Crippen LogP contribution in [0, 0.1) is 0 Å². The van der Waals surface area contributed by atoms with Crippen molar-refractivity contribution in [2.45, 2.75) is 50.5 Å². The van der Waals surface area contributed by atoms with Gasteiger partial charge in [0.2, 0.25) is 0 Å². The van der Waals surface area contributed by atoms with Crippen LogP contribution in [0.15, 0.2) is 194 Å². The monoisotopic (exact) mass is 806 g/mol. The normalized spacial score (nSPS) is 18.5. The van der Waals surface area contributed by atoms with Crippen molar-refractivity contribution in [1.29, 1.82) is 0 Å². The summed E-state index contributed by atoms with van der Waals surface area (Å²) >= 11 is 0. The second kappa shape index (κ2) is 13.6. The van der Waals surface area contributed by atoms with E-state index in [4.69, 9.17) is 4.98 Å². The zero-order valence-electron chi connectivity index (χ0n) is 35.7. The van der Waals surface area contributed by atoms with Gasteiger partial charge in [-0.25, -0.2) is 4.98 Å². The Hall–Kier alpha value is -7.29. The highest BCUT2D eigenvalue weighted by atomic mass is 15.3. The van der Waals surface area contributed by atoms with E-state index in [1.54, 1.807) is 0 Å². The third kappa shape index (κ3) is 5.22. The molecule has 0 spiro atoms. The van der Waals surface area contributed by atoms with Crippen LogP contribution in [0.3, 0.4) is 0 Å². The van der Waals surface area contributed by atoms with Crippen LogP contribution in [0.25, 0.3) is 98.6 Å². The summed E-state index contributed by atoms with van der Waals surface area (Å²) in [6.07, 6.45) is 4.86. The Morgan fingerprint density at radius 3 is 1.78 bits per heavy atom. The van der Waals surface area contributed by atoms with Gasteiger partial charge in [0.1, 0.15) is 0 Å². The summed E-state index contributed by atoms with van der Waals surface area (Å²) in [6.45, 7) is 5.02. The zero-order chi connectivity index (χ0) is 41.9. The van der Waals surface area contributed by atoms with Crippen molar-refractivity contribution in [3.8, 4) is 44.8 Å². The van der Waals surface area contributed by atoms with Gasteiger partial charge in [0.05, 0.1) is 16.9 Å². The van der Waals surface area contributed by atoms with Crippen LogP contribution in [0.5, 0.6) is 0 Å². The number of hydrogen-bond donors (Lipinski definition) is 0. The van der Waals surface area contributed by atoms with Crippen LogP contribution >= 0.6 is 0 Å². The zero-order valence-corrected chi connectivity index (χ0v) is 35.7. The van der Waals surface area contributed by atoms with Crippen LogP contribution in [-0.4, -0.2) is 10.5 Å². The maximum Gasteiger partial charge on any atom is 0.0715 e. The van der Waals surface area contributed by atoms with Crippen molar-refractivity contribution in [1.82, 2.24) is 4.98 Å². The summed E-state index contributed by atoms with van der Waals surface area (Å²) in [6, 6.07) is 72.3. The van der Waals surface area contributed by atoms with Crippen molar-refractivity contribution < 1.29 is 0 Å². The number of nitrogens with zero attached hydrogens (tertiary/aromatic N) is 2. The lowest BCUT2D eigenvalue weighted by Gasteiger charge is -2.50. The summed E-state index contributed by atoms with van der Waals surface area (Å²) < 4.78 is 0. The largest absolute Gasteiger partial charge is 0.334 e. The van der Waals surface area contributed by atoms with Gasteiger partial charge in [0.25, 0.3) is 0 Å². The van der Waals surface area contributed by atoms with Gasteiger partial charge in [-0.3, -0.25) is 0 Å². The molecule has 1 aliphatic carbocycles. The smallest absolute Gasteiger partial charge is 0.0715 e. The summed E-state index contributed by atoms with van der Waals surface area (Å²) in [4.78, 5) is 8.28. The maximum absolute atomic E-state index is 5.63. The predicted octanol–water partition coefficient (Wildman–Crippen LogP) is 16.7. The maximum atomic E-state index is 5.63. The minimum atomic E-state index is -0.00393. The highest BCUT2D eigenvalue weighted by molar-refractivity contribution is 6.30. The van der Waals surface area contributed by atoms with Gasteiger partial charge in [0.15, 0.2) is 0 Å². The highest BCUT2D eigenvalue weighted by Gasteiger charge is 2.57. The summed E-state index contributed by atoms with van der Waals surface area (Å²) in [5.41, 5.74) is 13.4. The average Bonchev–Trinajstić information content (AvgIpc) is 3.55. The number of benzene rings is 10. The molecule has 0 radical (unpaired) electrons. The Morgan fingerprint density at radius 1 is 0.413 bits per heavy atom. The Morgan fingerprint density at radius 2 is 1.00 bits per heavy atom. The molecule has 0 amide bonds. The second-order valence-corrected chi connectivity index (χ2v) is 18.5. The summed E-state index contributed by atoms with van der Waals surface area (Å²) in [5, 5.41) is 12.6. The minimum absolute atomic E-state index is 0.00393. The van der Waals surface area contributed by atoms with Gasteiger partial charge < -0.3 is 4.90 Å². The lowest BCUT2D eigenvalue weighted by Crippen LogP contribution is -2.54. The molecule has 2 unspecified atom stereocenters. The SMILES string of the molecule is CC12CCCCC1(C)N(c1ccccc1)c1ccc(-c3cccc(-c4cc(-c5cccc6ccccc56)c5ccc6ccc(-c7cccc8ccccc78)c7ccc4c5c67)n3)cc12. The molecule has 11 aromatic rings. The molecule has 2 nitrogen and oxygen atoms in total. The number of aromatic nitrogens is 1. The first kappa shape index (κ1) is 36.4. The van der Waals surface area contributed by atoms with Crippen LogP contribution in [-0.2, 0) is 5.41 Å². The Kier molecular flexibility index (Phi) is 7.85. The molecule has 2 heterocycles. The van der Waals surface area contributed by atoms with E-state index < -0.39 is 0 Å². The van der Waals surface area contributed by atoms with E-state index in [0.29, 0.717) is 0 Å². The number of para-hydroxylation sites is 1. The fraction of sp³-hybridized carbons (Fsp3) is 0.131. The van der Waals surface area contributed by atoms with E-state index in [1.165, 1.54) is 124 Å². The molecule has 63 heavy (non-hydrogen) atoms. The summed E-state index contributed by atoms with van der Waals surface area (Å²) in [5.74, 6) is 0. The van der Waals surface area contributed by atoms with E-state index in [2.05, 4.69) is 213 Å². The molecule has 10 aromatic carbocycles.